The number of benzene rings is 1. The smallest absolute Gasteiger partial charge is 0.342 e. The van der Waals surface area contributed by atoms with Gasteiger partial charge in [-0.1, -0.05) is 13.0 Å². The van der Waals surface area contributed by atoms with E-state index < -0.39 is 5.97 Å². The molecule has 0 aliphatic carbocycles. The standard InChI is InChI=1S/C13H19NO4/c1-3-17-12-10(5-4-6-11(12)14)13(16)18-8-9(2)7-15/h4-6,9,15H,3,7-8,14H2,1-2H3. The molecule has 0 aromatic heterocycles. The minimum Gasteiger partial charge on any atom is -0.491 e. The molecule has 0 fully saturated rings. The molecular formula is C13H19NO4. The highest BCUT2D eigenvalue weighted by Gasteiger charge is 2.17. The zero-order chi connectivity index (χ0) is 13.5. The number of esters is 1. The molecule has 0 radical (unpaired) electrons. The second-order valence-electron chi connectivity index (χ2n) is 4.04. The summed E-state index contributed by atoms with van der Waals surface area (Å²) in [6.07, 6.45) is 0. The lowest BCUT2D eigenvalue weighted by atomic mass is 10.1. The molecule has 1 unspecified atom stereocenters. The molecule has 0 amide bonds. The van der Waals surface area contributed by atoms with Crippen molar-refractivity contribution in [1.29, 1.82) is 0 Å². The molecule has 18 heavy (non-hydrogen) atoms. The van der Waals surface area contributed by atoms with E-state index >= 15 is 0 Å². The van der Waals surface area contributed by atoms with Crippen molar-refractivity contribution in [2.45, 2.75) is 13.8 Å². The molecule has 3 N–H and O–H groups in total. The maximum absolute atomic E-state index is 11.9. The second-order valence-corrected chi connectivity index (χ2v) is 4.04. The van der Waals surface area contributed by atoms with E-state index in [0.29, 0.717) is 23.6 Å². The van der Waals surface area contributed by atoms with Crippen molar-refractivity contribution in [2.75, 3.05) is 25.6 Å². The number of hydrogen-bond acceptors (Lipinski definition) is 5. The van der Waals surface area contributed by atoms with Gasteiger partial charge in [0.2, 0.25) is 0 Å². The Labute approximate surface area is 107 Å². The Morgan fingerprint density at radius 2 is 2.22 bits per heavy atom. The highest BCUT2D eigenvalue weighted by atomic mass is 16.5. The van der Waals surface area contributed by atoms with Crippen LogP contribution in [-0.2, 0) is 4.74 Å². The molecule has 0 aliphatic rings. The van der Waals surface area contributed by atoms with E-state index in [4.69, 9.17) is 20.3 Å². The molecule has 1 rings (SSSR count). The van der Waals surface area contributed by atoms with Gasteiger partial charge in [0.15, 0.2) is 5.75 Å². The highest BCUT2D eigenvalue weighted by molar-refractivity contribution is 5.94. The van der Waals surface area contributed by atoms with Gasteiger partial charge >= 0.3 is 5.97 Å². The summed E-state index contributed by atoms with van der Waals surface area (Å²) in [5.41, 5.74) is 6.47. The fraction of sp³-hybridized carbons (Fsp3) is 0.462. The molecule has 0 aliphatic heterocycles. The van der Waals surface area contributed by atoms with Crippen LogP contribution in [0.3, 0.4) is 0 Å². The van der Waals surface area contributed by atoms with Crippen molar-refractivity contribution in [3.63, 3.8) is 0 Å². The first-order chi connectivity index (χ1) is 8.60. The molecule has 5 nitrogen and oxygen atoms in total. The van der Waals surface area contributed by atoms with Gasteiger partial charge in [0.05, 0.1) is 18.9 Å². The average molecular weight is 253 g/mol. The summed E-state index contributed by atoms with van der Waals surface area (Å²) in [7, 11) is 0. The van der Waals surface area contributed by atoms with Gasteiger partial charge in [0, 0.05) is 12.5 Å². The first-order valence-electron chi connectivity index (χ1n) is 5.89. The number of carbonyl (C=O) groups excluding carboxylic acids is 1. The van der Waals surface area contributed by atoms with Crippen LogP contribution in [-0.4, -0.2) is 30.9 Å². The Morgan fingerprint density at radius 1 is 1.50 bits per heavy atom. The Kier molecular flexibility index (Phi) is 5.45. The molecule has 1 aromatic rings. The van der Waals surface area contributed by atoms with Crippen LogP contribution in [0.1, 0.15) is 24.2 Å². The van der Waals surface area contributed by atoms with E-state index in [-0.39, 0.29) is 19.1 Å². The summed E-state index contributed by atoms with van der Waals surface area (Å²) in [6.45, 7) is 4.16. The summed E-state index contributed by atoms with van der Waals surface area (Å²) in [5, 5.41) is 8.87. The number of para-hydroxylation sites is 1. The normalized spacial score (nSPS) is 11.9. The van der Waals surface area contributed by atoms with Crippen LogP contribution in [0.15, 0.2) is 18.2 Å². The predicted molar refractivity (Wildman–Crippen MR) is 68.6 cm³/mol. The van der Waals surface area contributed by atoms with Gasteiger partial charge < -0.3 is 20.3 Å². The van der Waals surface area contributed by atoms with Crippen LogP contribution in [0, 0.1) is 5.92 Å². The van der Waals surface area contributed by atoms with Gasteiger partial charge in [0.1, 0.15) is 5.56 Å². The molecule has 5 heteroatoms. The summed E-state index contributed by atoms with van der Waals surface area (Å²) < 4.78 is 10.4. The minimum atomic E-state index is -0.494. The topological polar surface area (TPSA) is 81.8 Å². The van der Waals surface area contributed by atoms with E-state index in [1.54, 1.807) is 25.1 Å². The van der Waals surface area contributed by atoms with E-state index in [9.17, 15) is 4.79 Å². The predicted octanol–water partition coefficient (Wildman–Crippen LogP) is 1.45. The number of hydrogen-bond donors (Lipinski definition) is 2. The van der Waals surface area contributed by atoms with Gasteiger partial charge in [-0.3, -0.25) is 0 Å². The fourth-order valence-electron chi connectivity index (χ4n) is 1.37. The number of ether oxygens (including phenoxy) is 2. The molecule has 0 saturated heterocycles. The van der Waals surface area contributed by atoms with E-state index in [1.807, 2.05) is 6.92 Å². The number of aliphatic hydroxyl groups excluding tert-OH is 1. The largest absolute Gasteiger partial charge is 0.491 e. The maximum atomic E-state index is 11.9. The highest BCUT2D eigenvalue weighted by Crippen LogP contribution is 2.27. The van der Waals surface area contributed by atoms with Crippen molar-refractivity contribution in [3.05, 3.63) is 23.8 Å². The molecule has 1 aromatic carbocycles. The van der Waals surface area contributed by atoms with Crippen LogP contribution in [0.5, 0.6) is 5.75 Å². The van der Waals surface area contributed by atoms with Crippen LogP contribution >= 0.6 is 0 Å². The van der Waals surface area contributed by atoms with Gasteiger partial charge in [0.25, 0.3) is 0 Å². The quantitative estimate of drug-likeness (QED) is 0.592. The lowest BCUT2D eigenvalue weighted by molar-refractivity contribution is 0.0401. The fourth-order valence-corrected chi connectivity index (χ4v) is 1.37. The lowest BCUT2D eigenvalue weighted by Crippen LogP contribution is -2.16. The zero-order valence-electron chi connectivity index (χ0n) is 10.7. The monoisotopic (exact) mass is 253 g/mol. The Bertz CT molecular complexity index is 406. The SMILES string of the molecule is CCOc1c(N)cccc1C(=O)OCC(C)CO. The molecular weight excluding hydrogens is 234 g/mol. The minimum absolute atomic E-state index is 0.0253. The number of nitrogen functional groups attached to an aromatic ring is 1. The molecule has 0 spiro atoms. The number of anilines is 1. The van der Waals surface area contributed by atoms with Crippen molar-refractivity contribution in [3.8, 4) is 5.75 Å². The number of carbonyl (C=O) groups is 1. The Morgan fingerprint density at radius 3 is 2.83 bits per heavy atom. The number of rotatable bonds is 6. The number of nitrogens with two attached hydrogens (primary N) is 1. The van der Waals surface area contributed by atoms with Crippen molar-refractivity contribution >= 4 is 11.7 Å². The number of aliphatic hydroxyl groups is 1. The molecule has 100 valence electrons. The summed E-state index contributed by atoms with van der Waals surface area (Å²) in [4.78, 5) is 11.9. The van der Waals surface area contributed by atoms with Crippen molar-refractivity contribution < 1.29 is 19.4 Å². The third kappa shape index (κ3) is 3.63. The first kappa shape index (κ1) is 14.3. The zero-order valence-corrected chi connectivity index (χ0v) is 10.7. The summed E-state index contributed by atoms with van der Waals surface area (Å²) in [5.74, 6) is -0.238. The Hall–Kier alpha value is -1.75. The van der Waals surface area contributed by atoms with E-state index in [0.717, 1.165) is 0 Å². The summed E-state index contributed by atoms with van der Waals surface area (Å²) >= 11 is 0. The molecule has 0 saturated carbocycles. The van der Waals surface area contributed by atoms with E-state index in [2.05, 4.69) is 0 Å². The average Bonchev–Trinajstić information content (AvgIpc) is 2.38. The maximum Gasteiger partial charge on any atom is 0.342 e. The van der Waals surface area contributed by atoms with Crippen LogP contribution < -0.4 is 10.5 Å². The van der Waals surface area contributed by atoms with Crippen LogP contribution in [0.2, 0.25) is 0 Å². The van der Waals surface area contributed by atoms with Crippen LogP contribution in [0.25, 0.3) is 0 Å². The molecule has 0 heterocycles. The summed E-state index contributed by atoms with van der Waals surface area (Å²) in [6, 6.07) is 4.94. The van der Waals surface area contributed by atoms with Crippen LogP contribution in [0.4, 0.5) is 5.69 Å². The third-order valence-corrected chi connectivity index (χ3v) is 2.36. The van der Waals surface area contributed by atoms with Gasteiger partial charge in [-0.2, -0.15) is 0 Å². The third-order valence-electron chi connectivity index (χ3n) is 2.36. The van der Waals surface area contributed by atoms with Gasteiger partial charge in [-0.05, 0) is 19.1 Å². The molecule has 0 bridgehead atoms. The van der Waals surface area contributed by atoms with Gasteiger partial charge in [-0.25, -0.2) is 4.79 Å². The Balaban J connectivity index is 2.81. The second kappa shape index (κ2) is 6.86. The first-order valence-corrected chi connectivity index (χ1v) is 5.89. The molecule has 1 atom stereocenters. The van der Waals surface area contributed by atoms with Gasteiger partial charge in [-0.15, -0.1) is 0 Å². The van der Waals surface area contributed by atoms with E-state index in [1.165, 1.54) is 0 Å². The van der Waals surface area contributed by atoms with Crippen molar-refractivity contribution in [2.24, 2.45) is 5.92 Å². The lowest BCUT2D eigenvalue weighted by Gasteiger charge is -2.13. The van der Waals surface area contributed by atoms with Crippen molar-refractivity contribution in [1.82, 2.24) is 0 Å².